The van der Waals surface area contributed by atoms with Crippen LogP contribution >= 0.6 is 0 Å². The van der Waals surface area contributed by atoms with E-state index in [0.717, 1.165) is 29.2 Å². The molecule has 2 aromatic rings. The summed E-state index contributed by atoms with van der Waals surface area (Å²) in [6.45, 7) is 2.85. The third kappa shape index (κ3) is 2.56. The lowest BCUT2D eigenvalue weighted by atomic mass is 10.0. The maximum absolute atomic E-state index is 6.32. The van der Waals surface area contributed by atoms with Crippen LogP contribution in [0.2, 0.25) is 0 Å². The Morgan fingerprint density at radius 2 is 1.89 bits per heavy atom. The Balaban J connectivity index is 2.44. The lowest BCUT2D eigenvalue weighted by Crippen LogP contribution is -2.14. The number of aryl methyl sites for hydroxylation is 1. The summed E-state index contributed by atoms with van der Waals surface area (Å²) in [6, 6.07) is 5.30. The smallest absolute Gasteiger partial charge is 0.127 e. The van der Waals surface area contributed by atoms with E-state index in [1.807, 2.05) is 36.0 Å². The third-order valence-corrected chi connectivity index (χ3v) is 3.11. The highest BCUT2D eigenvalue weighted by Gasteiger charge is 2.20. The lowest BCUT2D eigenvalue weighted by molar-refractivity contribution is 0.382. The van der Waals surface area contributed by atoms with Crippen molar-refractivity contribution in [2.24, 2.45) is 5.73 Å². The van der Waals surface area contributed by atoms with Crippen LogP contribution in [-0.2, 0) is 6.54 Å². The molecular weight excluding hydrogens is 242 g/mol. The van der Waals surface area contributed by atoms with Gasteiger partial charge in [0.2, 0.25) is 0 Å². The molecule has 0 aliphatic carbocycles. The molecule has 19 heavy (non-hydrogen) atoms. The molecule has 5 nitrogen and oxygen atoms in total. The van der Waals surface area contributed by atoms with Crippen molar-refractivity contribution in [3.05, 3.63) is 41.7 Å². The molecule has 0 fully saturated rings. The zero-order valence-corrected chi connectivity index (χ0v) is 11.5. The van der Waals surface area contributed by atoms with Gasteiger partial charge in [-0.1, -0.05) is 6.07 Å². The number of nitrogens with zero attached hydrogens (tertiary/aromatic N) is 2. The lowest BCUT2D eigenvalue weighted by Gasteiger charge is -2.17. The van der Waals surface area contributed by atoms with Gasteiger partial charge in [-0.25, -0.2) is 0 Å². The second-order valence-electron chi connectivity index (χ2n) is 4.18. The molecule has 1 aromatic carbocycles. The minimum Gasteiger partial charge on any atom is -0.496 e. The van der Waals surface area contributed by atoms with Gasteiger partial charge in [0, 0.05) is 18.3 Å². The summed E-state index contributed by atoms with van der Waals surface area (Å²) in [5.74, 6) is 1.44. The molecule has 2 rings (SSSR count). The standard InChI is InChI=1S/C14H19N3O2/c1-4-17-9-10(8-16-17)14(15)13-11(18-2)6-5-7-12(13)19-3/h5-9,14H,4,15H2,1-3H3. The number of benzene rings is 1. The van der Waals surface area contributed by atoms with Gasteiger partial charge in [0.15, 0.2) is 0 Å². The van der Waals surface area contributed by atoms with E-state index >= 15 is 0 Å². The van der Waals surface area contributed by atoms with Crippen LogP contribution in [0.15, 0.2) is 30.6 Å². The fraction of sp³-hybridized carbons (Fsp3) is 0.357. The van der Waals surface area contributed by atoms with Crippen LogP contribution in [0, 0.1) is 0 Å². The van der Waals surface area contributed by atoms with Gasteiger partial charge in [-0.2, -0.15) is 5.10 Å². The Bertz CT molecular complexity index is 529. The molecule has 0 aliphatic rings. The van der Waals surface area contributed by atoms with Crippen LogP contribution in [0.3, 0.4) is 0 Å². The van der Waals surface area contributed by atoms with Gasteiger partial charge in [-0.15, -0.1) is 0 Å². The average molecular weight is 261 g/mol. The number of ether oxygens (including phenoxy) is 2. The van der Waals surface area contributed by atoms with E-state index in [2.05, 4.69) is 5.10 Å². The van der Waals surface area contributed by atoms with E-state index < -0.39 is 0 Å². The number of rotatable bonds is 5. The summed E-state index contributed by atoms with van der Waals surface area (Å²) in [4.78, 5) is 0. The normalized spacial score (nSPS) is 12.2. The van der Waals surface area contributed by atoms with E-state index in [1.54, 1.807) is 20.4 Å². The first-order valence-corrected chi connectivity index (χ1v) is 6.20. The SMILES string of the molecule is CCn1cc(C(N)c2c(OC)cccc2OC)cn1. The van der Waals surface area contributed by atoms with Crippen LogP contribution in [-0.4, -0.2) is 24.0 Å². The van der Waals surface area contributed by atoms with Gasteiger partial charge in [0.1, 0.15) is 11.5 Å². The molecule has 0 saturated carbocycles. The van der Waals surface area contributed by atoms with Crippen molar-refractivity contribution < 1.29 is 9.47 Å². The van der Waals surface area contributed by atoms with Crippen molar-refractivity contribution in [1.82, 2.24) is 9.78 Å². The van der Waals surface area contributed by atoms with Gasteiger partial charge in [0.25, 0.3) is 0 Å². The number of methoxy groups -OCH3 is 2. The fourth-order valence-electron chi connectivity index (χ4n) is 2.07. The monoisotopic (exact) mass is 261 g/mol. The van der Waals surface area contributed by atoms with Crippen LogP contribution in [0.5, 0.6) is 11.5 Å². The first-order chi connectivity index (χ1) is 9.21. The van der Waals surface area contributed by atoms with Gasteiger partial charge in [0.05, 0.1) is 32.0 Å². The van der Waals surface area contributed by atoms with E-state index in [4.69, 9.17) is 15.2 Å². The van der Waals surface area contributed by atoms with Crippen molar-refractivity contribution in [2.75, 3.05) is 14.2 Å². The van der Waals surface area contributed by atoms with Gasteiger partial charge >= 0.3 is 0 Å². The molecule has 5 heteroatoms. The highest BCUT2D eigenvalue weighted by Crippen LogP contribution is 2.35. The minimum atomic E-state index is -0.327. The van der Waals surface area contributed by atoms with E-state index in [-0.39, 0.29) is 6.04 Å². The summed E-state index contributed by atoms with van der Waals surface area (Å²) < 4.78 is 12.6. The molecule has 1 atom stereocenters. The van der Waals surface area contributed by atoms with Crippen LogP contribution in [0.25, 0.3) is 0 Å². The molecule has 0 saturated heterocycles. The Labute approximate surface area is 112 Å². The Kier molecular flexibility index (Phi) is 4.06. The molecule has 0 spiro atoms. The summed E-state index contributed by atoms with van der Waals surface area (Å²) >= 11 is 0. The van der Waals surface area contributed by atoms with Gasteiger partial charge in [-0.3, -0.25) is 4.68 Å². The largest absolute Gasteiger partial charge is 0.496 e. The van der Waals surface area contributed by atoms with E-state index in [9.17, 15) is 0 Å². The van der Waals surface area contributed by atoms with Crippen molar-refractivity contribution in [1.29, 1.82) is 0 Å². The third-order valence-electron chi connectivity index (χ3n) is 3.11. The summed E-state index contributed by atoms with van der Waals surface area (Å²) in [5.41, 5.74) is 8.09. The summed E-state index contributed by atoms with van der Waals surface area (Å²) in [7, 11) is 3.25. The predicted molar refractivity (Wildman–Crippen MR) is 73.5 cm³/mol. The summed E-state index contributed by atoms with van der Waals surface area (Å²) in [5, 5.41) is 4.25. The molecule has 0 bridgehead atoms. The Morgan fingerprint density at radius 1 is 1.26 bits per heavy atom. The minimum absolute atomic E-state index is 0.327. The van der Waals surface area contributed by atoms with Crippen LogP contribution < -0.4 is 15.2 Å². The number of hydrogen-bond donors (Lipinski definition) is 1. The highest BCUT2D eigenvalue weighted by atomic mass is 16.5. The maximum atomic E-state index is 6.32. The van der Waals surface area contributed by atoms with Crippen molar-refractivity contribution >= 4 is 0 Å². The van der Waals surface area contributed by atoms with Crippen molar-refractivity contribution in [3.63, 3.8) is 0 Å². The molecule has 102 valence electrons. The predicted octanol–water partition coefficient (Wildman–Crippen LogP) is 1.97. The first-order valence-electron chi connectivity index (χ1n) is 6.20. The number of nitrogens with two attached hydrogens (primary N) is 1. The fourth-order valence-corrected chi connectivity index (χ4v) is 2.07. The Morgan fingerprint density at radius 3 is 2.37 bits per heavy atom. The molecule has 1 heterocycles. The van der Waals surface area contributed by atoms with E-state index in [0.29, 0.717) is 0 Å². The number of aromatic nitrogens is 2. The van der Waals surface area contributed by atoms with Crippen molar-refractivity contribution in [3.8, 4) is 11.5 Å². The zero-order valence-electron chi connectivity index (χ0n) is 11.5. The second kappa shape index (κ2) is 5.75. The highest BCUT2D eigenvalue weighted by molar-refractivity contribution is 5.49. The molecule has 1 unspecified atom stereocenters. The molecule has 0 amide bonds. The van der Waals surface area contributed by atoms with E-state index in [1.165, 1.54) is 0 Å². The van der Waals surface area contributed by atoms with Crippen LogP contribution in [0.4, 0.5) is 0 Å². The van der Waals surface area contributed by atoms with Crippen molar-refractivity contribution in [2.45, 2.75) is 19.5 Å². The maximum Gasteiger partial charge on any atom is 0.127 e. The molecule has 1 aromatic heterocycles. The molecular formula is C14H19N3O2. The van der Waals surface area contributed by atoms with Gasteiger partial charge < -0.3 is 15.2 Å². The Hall–Kier alpha value is -2.01. The molecule has 0 aliphatic heterocycles. The quantitative estimate of drug-likeness (QED) is 0.893. The number of hydrogen-bond acceptors (Lipinski definition) is 4. The summed E-state index contributed by atoms with van der Waals surface area (Å²) in [6.07, 6.45) is 3.72. The van der Waals surface area contributed by atoms with Gasteiger partial charge in [-0.05, 0) is 19.1 Å². The average Bonchev–Trinajstić information content (AvgIpc) is 2.94. The first kappa shape index (κ1) is 13.4. The topological polar surface area (TPSA) is 62.3 Å². The second-order valence-corrected chi connectivity index (χ2v) is 4.18. The molecule has 2 N–H and O–H groups in total. The van der Waals surface area contributed by atoms with Crippen LogP contribution in [0.1, 0.15) is 24.1 Å². The zero-order chi connectivity index (χ0) is 13.8. The molecule has 0 radical (unpaired) electrons.